The summed E-state index contributed by atoms with van der Waals surface area (Å²) in [6.45, 7) is 2.37. The van der Waals surface area contributed by atoms with Crippen LogP contribution < -0.4 is 10.5 Å². The molecule has 3 N–H and O–H groups in total. The normalized spacial score (nSPS) is 12.8. The van der Waals surface area contributed by atoms with E-state index in [1.807, 2.05) is 0 Å². The Hall–Kier alpha value is -0.140. The molecule has 0 saturated heterocycles. The van der Waals surface area contributed by atoms with Gasteiger partial charge in [0, 0.05) is 17.1 Å². The molecule has 1 unspecified atom stereocenters. The van der Waals surface area contributed by atoms with Gasteiger partial charge in [0.2, 0.25) is 10.0 Å². The molecule has 0 spiro atoms. The Kier molecular flexibility index (Phi) is 8.85. The summed E-state index contributed by atoms with van der Waals surface area (Å²) in [6.07, 6.45) is 2.74. The highest BCUT2D eigenvalue weighted by atomic mass is 79.9. The highest BCUT2D eigenvalue weighted by Crippen LogP contribution is 2.21. The minimum atomic E-state index is -3.51. The Bertz CT molecular complexity index is 482. The maximum atomic E-state index is 12.2. The van der Waals surface area contributed by atoms with Crippen LogP contribution >= 0.6 is 28.3 Å². The molecule has 0 heterocycles. The fourth-order valence-corrected chi connectivity index (χ4v) is 3.91. The van der Waals surface area contributed by atoms with Crippen LogP contribution in [0.3, 0.4) is 0 Å². The second-order valence-corrected chi connectivity index (χ2v) is 6.66. The van der Waals surface area contributed by atoms with Gasteiger partial charge in [0.05, 0.1) is 4.90 Å². The van der Waals surface area contributed by atoms with Crippen molar-refractivity contribution in [1.29, 1.82) is 0 Å². The summed E-state index contributed by atoms with van der Waals surface area (Å²) in [5.74, 6) is 0. The lowest BCUT2D eigenvalue weighted by molar-refractivity contribution is 0.516. The SMILES string of the molecule is CCCCC(CN)NS(=O)(=O)c1ccccc1Br.Cl. The van der Waals surface area contributed by atoms with Crippen LogP contribution in [-0.4, -0.2) is 21.0 Å². The van der Waals surface area contributed by atoms with Gasteiger partial charge in [-0.1, -0.05) is 31.9 Å². The third-order valence-electron chi connectivity index (χ3n) is 2.64. The lowest BCUT2D eigenvalue weighted by Gasteiger charge is -2.17. The zero-order chi connectivity index (χ0) is 13.6. The van der Waals surface area contributed by atoms with E-state index >= 15 is 0 Å². The second kappa shape index (κ2) is 8.92. The first-order valence-corrected chi connectivity index (χ1v) is 8.25. The van der Waals surface area contributed by atoms with Crippen molar-refractivity contribution in [3.05, 3.63) is 28.7 Å². The Morgan fingerprint density at radius 2 is 2.00 bits per heavy atom. The molecule has 4 nitrogen and oxygen atoms in total. The van der Waals surface area contributed by atoms with Gasteiger partial charge in [-0.25, -0.2) is 13.1 Å². The molecule has 0 bridgehead atoms. The van der Waals surface area contributed by atoms with Crippen LogP contribution in [0.4, 0.5) is 0 Å². The van der Waals surface area contributed by atoms with Crippen molar-refractivity contribution in [2.24, 2.45) is 5.73 Å². The van der Waals surface area contributed by atoms with Crippen molar-refractivity contribution < 1.29 is 8.42 Å². The molecule has 1 atom stereocenters. The highest BCUT2D eigenvalue weighted by Gasteiger charge is 2.20. The van der Waals surface area contributed by atoms with E-state index in [1.54, 1.807) is 24.3 Å². The third kappa shape index (κ3) is 5.79. The molecule has 19 heavy (non-hydrogen) atoms. The number of rotatable bonds is 7. The van der Waals surface area contributed by atoms with Crippen molar-refractivity contribution in [2.75, 3.05) is 6.54 Å². The molecule has 0 aliphatic carbocycles. The van der Waals surface area contributed by atoms with Gasteiger partial charge in [-0.05, 0) is 34.5 Å². The molecule has 0 amide bonds. The van der Waals surface area contributed by atoms with Crippen LogP contribution in [0.2, 0.25) is 0 Å². The first kappa shape index (κ1) is 18.9. The van der Waals surface area contributed by atoms with Crippen LogP contribution in [0.15, 0.2) is 33.6 Å². The van der Waals surface area contributed by atoms with E-state index < -0.39 is 10.0 Å². The molecule has 1 rings (SSSR count). The van der Waals surface area contributed by atoms with Gasteiger partial charge in [-0.15, -0.1) is 12.4 Å². The van der Waals surface area contributed by atoms with Crippen LogP contribution in [0, 0.1) is 0 Å². The first-order valence-electron chi connectivity index (χ1n) is 5.98. The third-order valence-corrected chi connectivity index (χ3v) is 5.17. The molecule has 110 valence electrons. The Morgan fingerprint density at radius 1 is 1.37 bits per heavy atom. The average Bonchev–Trinajstić information content (AvgIpc) is 2.34. The summed E-state index contributed by atoms with van der Waals surface area (Å²) in [7, 11) is -3.51. The lowest BCUT2D eigenvalue weighted by Crippen LogP contribution is -2.40. The maximum Gasteiger partial charge on any atom is 0.241 e. The molecule has 1 aromatic carbocycles. The maximum absolute atomic E-state index is 12.2. The van der Waals surface area contributed by atoms with E-state index in [2.05, 4.69) is 27.6 Å². The summed E-state index contributed by atoms with van der Waals surface area (Å²) in [5.41, 5.74) is 5.60. The van der Waals surface area contributed by atoms with Crippen LogP contribution in [0.5, 0.6) is 0 Å². The van der Waals surface area contributed by atoms with Gasteiger partial charge in [0.15, 0.2) is 0 Å². The smallest absolute Gasteiger partial charge is 0.241 e. The largest absolute Gasteiger partial charge is 0.329 e. The fraction of sp³-hybridized carbons (Fsp3) is 0.500. The minimum absolute atomic E-state index is 0. The van der Waals surface area contributed by atoms with E-state index in [-0.39, 0.29) is 23.3 Å². The Morgan fingerprint density at radius 3 is 2.53 bits per heavy atom. The number of halogens is 2. The Labute approximate surface area is 129 Å². The summed E-state index contributed by atoms with van der Waals surface area (Å²) in [4.78, 5) is 0.250. The van der Waals surface area contributed by atoms with Crippen molar-refractivity contribution in [2.45, 2.75) is 37.1 Å². The van der Waals surface area contributed by atoms with E-state index in [9.17, 15) is 8.42 Å². The number of nitrogens with two attached hydrogens (primary N) is 1. The summed E-state index contributed by atoms with van der Waals surface area (Å²) < 4.78 is 27.6. The van der Waals surface area contributed by atoms with Crippen molar-refractivity contribution in [1.82, 2.24) is 4.72 Å². The summed E-state index contributed by atoms with van der Waals surface area (Å²) >= 11 is 3.25. The molecule has 0 fully saturated rings. The zero-order valence-electron chi connectivity index (χ0n) is 10.8. The molecular formula is C12H20BrClN2O2S. The van der Waals surface area contributed by atoms with Crippen LogP contribution in [0.25, 0.3) is 0 Å². The standard InChI is InChI=1S/C12H19BrN2O2S.ClH/c1-2-3-6-10(9-14)15-18(16,17)12-8-5-4-7-11(12)13;/h4-5,7-8,10,15H,2-3,6,9,14H2,1H3;1H. The fourth-order valence-electron chi connectivity index (χ4n) is 1.62. The monoisotopic (exact) mass is 370 g/mol. The molecule has 0 aliphatic heterocycles. The highest BCUT2D eigenvalue weighted by molar-refractivity contribution is 9.10. The van der Waals surface area contributed by atoms with E-state index in [0.29, 0.717) is 11.0 Å². The zero-order valence-corrected chi connectivity index (χ0v) is 14.0. The van der Waals surface area contributed by atoms with Gasteiger partial charge in [-0.3, -0.25) is 0 Å². The molecule has 0 radical (unpaired) electrons. The van der Waals surface area contributed by atoms with Gasteiger partial charge in [0.25, 0.3) is 0 Å². The molecule has 1 aromatic rings. The Balaban J connectivity index is 0.00000324. The quantitative estimate of drug-likeness (QED) is 0.774. The summed E-state index contributed by atoms with van der Waals surface area (Å²) in [6, 6.07) is 6.54. The predicted molar refractivity (Wildman–Crippen MR) is 84.1 cm³/mol. The predicted octanol–water partition coefficient (Wildman–Crippen LogP) is 2.67. The number of unbranched alkanes of at least 4 members (excludes halogenated alkanes) is 1. The second-order valence-electron chi connectivity index (χ2n) is 4.13. The molecule has 0 saturated carbocycles. The van der Waals surface area contributed by atoms with Crippen molar-refractivity contribution in [3.63, 3.8) is 0 Å². The number of benzene rings is 1. The lowest BCUT2D eigenvalue weighted by atomic mass is 10.1. The number of hydrogen-bond donors (Lipinski definition) is 2. The molecular weight excluding hydrogens is 352 g/mol. The number of hydrogen-bond acceptors (Lipinski definition) is 3. The molecule has 0 aliphatic rings. The van der Waals surface area contributed by atoms with E-state index in [1.165, 1.54) is 0 Å². The minimum Gasteiger partial charge on any atom is -0.329 e. The molecule has 7 heteroatoms. The number of sulfonamides is 1. The van der Waals surface area contributed by atoms with Gasteiger partial charge in [-0.2, -0.15) is 0 Å². The number of nitrogens with one attached hydrogen (secondary N) is 1. The topological polar surface area (TPSA) is 72.2 Å². The van der Waals surface area contributed by atoms with Crippen molar-refractivity contribution >= 4 is 38.4 Å². The average molecular weight is 372 g/mol. The molecule has 0 aromatic heterocycles. The van der Waals surface area contributed by atoms with Gasteiger partial charge < -0.3 is 5.73 Å². The summed E-state index contributed by atoms with van der Waals surface area (Å²) in [5, 5.41) is 0. The van der Waals surface area contributed by atoms with Gasteiger partial charge in [0.1, 0.15) is 0 Å². The van der Waals surface area contributed by atoms with E-state index in [4.69, 9.17) is 5.73 Å². The van der Waals surface area contributed by atoms with E-state index in [0.717, 1.165) is 19.3 Å². The van der Waals surface area contributed by atoms with Crippen molar-refractivity contribution in [3.8, 4) is 0 Å². The van der Waals surface area contributed by atoms with Crippen LogP contribution in [-0.2, 0) is 10.0 Å². The first-order chi connectivity index (χ1) is 8.51. The van der Waals surface area contributed by atoms with Crippen LogP contribution in [0.1, 0.15) is 26.2 Å². The van der Waals surface area contributed by atoms with Gasteiger partial charge >= 0.3 is 0 Å².